The van der Waals surface area contributed by atoms with Crippen LogP contribution >= 0.6 is 0 Å². The van der Waals surface area contributed by atoms with E-state index in [9.17, 15) is 4.79 Å². The third-order valence-corrected chi connectivity index (χ3v) is 1.27. The van der Waals surface area contributed by atoms with Crippen molar-refractivity contribution < 1.29 is 4.79 Å². The molecule has 0 aliphatic rings. The highest BCUT2D eigenvalue weighted by Crippen LogP contribution is 1.99. The molecule has 0 fully saturated rings. The van der Waals surface area contributed by atoms with Gasteiger partial charge in [-0.2, -0.15) is 0 Å². The number of rotatable bonds is 2. The van der Waals surface area contributed by atoms with Crippen LogP contribution in [0.25, 0.3) is 0 Å². The summed E-state index contributed by atoms with van der Waals surface area (Å²) in [7, 11) is 0. The maximum absolute atomic E-state index is 11.2. The van der Waals surface area contributed by atoms with Gasteiger partial charge < -0.3 is 11.1 Å². The van der Waals surface area contributed by atoms with Gasteiger partial charge in [-0.05, 0) is 27.2 Å². The van der Waals surface area contributed by atoms with Crippen LogP contribution in [0.2, 0.25) is 0 Å². The van der Waals surface area contributed by atoms with Crippen molar-refractivity contribution in [3.8, 4) is 0 Å². The highest BCUT2D eigenvalue weighted by atomic mass is 16.2. The van der Waals surface area contributed by atoms with Crippen molar-refractivity contribution in [1.82, 2.24) is 5.32 Å². The molecule has 11 heavy (non-hydrogen) atoms. The van der Waals surface area contributed by atoms with Crippen LogP contribution in [0, 0.1) is 0 Å². The number of amides is 1. The lowest BCUT2D eigenvalue weighted by molar-refractivity contribution is -0.123. The molecule has 0 aromatic heterocycles. The Hall–Kier alpha value is -0.570. The second-order valence-electron chi connectivity index (χ2n) is 3.75. The zero-order valence-electron chi connectivity index (χ0n) is 7.77. The van der Waals surface area contributed by atoms with E-state index >= 15 is 0 Å². The Kier molecular flexibility index (Phi) is 3.52. The van der Waals surface area contributed by atoms with Gasteiger partial charge in [0.05, 0.1) is 6.04 Å². The Morgan fingerprint density at radius 1 is 1.55 bits per heavy atom. The van der Waals surface area contributed by atoms with E-state index in [2.05, 4.69) is 5.32 Å². The molecule has 0 aromatic rings. The first-order valence-electron chi connectivity index (χ1n) is 3.94. The molecule has 0 heterocycles. The van der Waals surface area contributed by atoms with Gasteiger partial charge in [0.2, 0.25) is 5.91 Å². The molecular weight excluding hydrogens is 140 g/mol. The van der Waals surface area contributed by atoms with Gasteiger partial charge in [0.1, 0.15) is 0 Å². The fourth-order valence-corrected chi connectivity index (χ4v) is 0.648. The van der Waals surface area contributed by atoms with Crippen molar-refractivity contribution in [2.45, 2.75) is 45.7 Å². The summed E-state index contributed by atoms with van der Waals surface area (Å²) >= 11 is 0. The molecule has 0 unspecified atom stereocenters. The highest BCUT2D eigenvalue weighted by molar-refractivity contribution is 5.81. The van der Waals surface area contributed by atoms with Gasteiger partial charge in [0.25, 0.3) is 0 Å². The third-order valence-electron chi connectivity index (χ3n) is 1.27. The van der Waals surface area contributed by atoms with Crippen molar-refractivity contribution in [2.75, 3.05) is 0 Å². The first-order chi connectivity index (χ1) is 4.87. The fraction of sp³-hybridized carbons (Fsp3) is 0.875. The number of carbonyl (C=O) groups is 1. The molecule has 3 nitrogen and oxygen atoms in total. The van der Waals surface area contributed by atoms with E-state index in [0.29, 0.717) is 6.42 Å². The largest absolute Gasteiger partial charge is 0.350 e. The predicted octanol–water partition coefficient (Wildman–Crippen LogP) is 0.638. The molecule has 1 atom stereocenters. The van der Waals surface area contributed by atoms with Crippen LogP contribution in [0.4, 0.5) is 0 Å². The summed E-state index contributed by atoms with van der Waals surface area (Å²) in [6.45, 7) is 7.71. The lowest BCUT2D eigenvalue weighted by atomic mass is 10.1. The van der Waals surface area contributed by atoms with Gasteiger partial charge >= 0.3 is 0 Å². The molecule has 0 aliphatic heterocycles. The molecule has 0 aliphatic carbocycles. The van der Waals surface area contributed by atoms with Crippen LogP contribution in [-0.2, 0) is 4.79 Å². The minimum Gasteiger partial charge on any atom is -0.350 e. The smallest absolute Gasteiger partial charge is 0.237 e. The summed E-state index contributed by atoms with van der Waals surface area (Å²) in [6, 6.07) is -0.366. The lowest BCUT2D eigenvalue weighted by Gasteiger charge is -2.22. The molecule has 0 spiro atoms. The molecule has 0 aromatic carbocycles. The Morgan fingerprint density at radius 3 is 2.27 bits per heavy atom. The molecule has 0 bridgehead atoms. The van der Waals surface area contributed by atoms with Crippen LogP contribution in [0.5, 0.6) is 0 Å². The first kappa shape index (κ1) is 10.4. The molecule has 66 valence electrons. The van der Waals surface area contributed by atoms with E-state index in [1.54, 1.807) is 0 Å². The van der Waals surface area contributed by atoms with Crippen molar-refractivity contribution in [2.24, 2.45) is 5.73 Å². The van der Waals surface area contributed by atoms with Gasteiger partial charge in [-0.1, -0.05) is 6.92 Å². The third kappa shape index (κ3) is 4.79. The first-order valence-corrected chi connectivity index (χ1v) is 3.94. The van der Waals surface area contributed by atoms with Crippen LogP contribution < -0.4 is 11.1 Å². The Balaban J connectivity index is 3.88. The topological polar surface area (TPSA) is 55.1 Å². The normalized spacial score (nSPS) is 14.3. The van der Waals surface area contributed by atoms with E-state index in [1.807, 2.05) is 27.7 Å². The predicted molar refractivity (Wildman–Crippen MR) is 46.2 cm³/mol. The molecule has 1 amide bonds. The summed E-state index contributed by atoms with van der Waals surface area (Å²) in [5, 5.41) is 2.81. The minimum atomic E-state index is -0.366. The average molecular weight is 158 g/mol. The SMILES string of the molecule is CC[C@@H](N)C(=O)NC(C)(C)C. The standard InChI is InChI=1S/C8H18N2O/c1-5-6(9)7(11)10-8(2,3)4/h6H,5,9H2,1-4H3,(H,10,11)/t6-/m1/s1. The molecule has 3 heteroatoms. The van der Waals surface area contributed by atoms with Crippen LogP contribution in [0.1, 0.15) is 34.1 Å². The number of nitrogens with two attached hydrogens (primary N) is 1. The van der Waals surface area contributed by atoms with Gasteiger partial charge in [-0.15, -0.1) is 0 Å². The monoisotopic (exact) mass is 158 g/mol. The molecular formula is C8H18N2O. The van der Waals surface area contributed by atoms with E-state index in [1.165, 1.54) is 0 Å². The summed E-state index contributed by atoms with van der Waals surface area (Å²) in [5.74, 6) is -0.0694. The summed E-state index contributed by atoms with van der Waals surface area (Å²) < 4.78 is 0. The Morgan fingerprint density at radius 2 is 2.00 bits per heavy atom. The van der Waals surface area contributed by atoms with Crippen molar-refractivity contribution in [1.29, 1.82) is 0 Å². The molecule has 0 rings (SSSR count). The van der Waals surface area contributed by atoms with Crippen LogP contribution in [-0.4, -0.2) is 17.5 Å². The maximum Gasteiger partial charge on any atom is 0.237 e. The van der Waals surface area contributed by atoms with Crippen molar-refractivity contribution in [3.63, 3.8) is 0 Å². The maximum atomic E-state index is 11.2. The summed E-state index contributed by atoms with van der Waals surface area (Å²) in [5.41, 5.74) is 5.33. The van der Waals surface area contributed by atoms with E-state index in [0.717, 1.165) is 0 Å². The number of hydrogen-bond donors (Lipinski definition) is 2. The van der Waals surface area contributed by atoms with Gasteiger partial charge in [0.15, 0.2) is 0 Å². The molecule has 0 saturated carbocycles. The molecule has 0 radical (unpaired) electrons. The number of nitrogens with one attached hydrogen (secondary N) is 1. The van der Waals surface area contributed by atoms with Gasteiger partial charge in [0, 0.05) is 5.54 Å². The number of carbonyl (C=O) groups excluding carboxylic acids is 1. The zero-order chi connectivity index (χ0) is 9.07. The van der Waals surface area contributed by atoms with Crippen molar-refractivity contribution >= 4 is 5.91 Å². The lowest BCUT2D eigenvalue weighted by Crippen LogP contribution is -2.48. The summed E-state index contributed by atoms with van der Waals surface area (Å²) in [4.78, 5) is 11.2. The van der Waals surface area contributed by atoms with E-state index in [-0.39, 0.29) is 17.5 Å². The summed E-state index contributed by atoms with van der Waals surface area (Å²) in [6.07, 6.45) is 0.682. The van der Waals surface area contributed by atoms with Crippen LogP contribution in [0.3, 0.4) is 0 Å². The highest BCUT2D eigenvalue weighted by Gasteiger charge is 2.17. The van der Waals surface area contributed by atoms with E-state index < -0.39 is 0 Å². The molecule has 3 N–H and O–H groups in total. The quantitative estimate of drug-likeness (QED) is 0.619. The Labute approximate surface area is 68.3 Å². The van der Waals surface area contributed by atoms with Gasteiger partial charge in [-0.3, -0.25) is 4.79 Å². The number of hydrogen-bond acceptors (Lipinski definition) is 2. The van der Waals surface area contributed by atoms with E-state index in [4.69, 9.17) is 5.73 Å². The second-order valence-corrected chi connectivity index (χ2v) is 3.75. The molecule has 0 saturated heterocycles. The Bertz CT molecular complexity index is 138. The average Bonchev–Trinajstić information content (AvgIpc) is 1.82. The second kappa shape index (κ2) is 3.72. The van der Waals surface area contributed by atoms with Gasteiger partial charge in [-0.25, -0.2) is 0 Å². The zero-order valence-corrected chi connectivity index (χ0v) is 7.77. The minimum absolute atomic E-state index is 0.0694. The van der Waals surface area contributed by atoms with Crippen molar-refractivity contribution in [3.05, 3.63) is 0 Å². The fourth-order valence-electron chi connectivity index (χ4n) is 0.648. The van der Waals surface area contributed by atoms with Crippen LogP contribution in [0.15, 0.2) is 0 Å².